The summed E-state index contributed by atoms with van der Waals surface area (Å²) in [5, 5.41) is 0.926. The van der Waals surface area contributed by atoms with Gasteiger partial charge in [-0.05, 0) is 38.8 Å². The highest BCUT2D eigenvalue weighted by molar-refractivity contribution is 9.09. The second-order valence-electron chi connectivity index (χ2n) is 4.38. The van der Waals surface area contributed by atoms with Gasteiger partial charge in [0.2, 0.25) is 0 Å². The molecular formula is C11H19BrF3N. The standard InChI is InChI=1S/C11H19BrF3N/c12-7-3-9-16(10-4-1-5-10)8-2-6-11(13,14)15/h10H,1-9H2. The van der Waals surface area contributed by atoms with E-state index in [9.17, 15) is 13.2 Å². The Bertz CT molecular complexity index is 192. The van der Waals surface area contributed by atoms with E-state index in [4.69, 9.17) is 0 Å². The van der Waals surface area contributed by atoms with Crippen molar-refractivity contribution in [3.8, 4) is 0 Å². The summed E-state index contributed by atoms with van der Waals surface area (Å²) in [5.74, 6) is 0. The normalized spacial score (nSPS) is 17.8. The fourth-order valence-electron chi connectivity index (χ4n) is 1.97. The molecule has 0 unspecified atom stereocenters. The molecule has 5 heteroatoms. The van der Waals surface area contributed by atoms with Crippen molar-refractivity contribution in [3.05, 3.63) is 0 Å². The lowest BCUT2D eigenvalue weighted by Crippen LogP contribution is -2.41. The van der Waals surface area contributed by atoms with Gasteiger partial charge in [0.1, 0.15) is 0 Å². The third kappa shape index (κ3) is 5.53. The maximum atomic E-state index is 12.0. The molecule has 1 nitrogen and oxygen atoms in total. The predicted octanol–water partition coefficient (Wildman–Crippen LogP) is 3.97. The van der Waals surface area contributed by atoms with E-state index in [-0.39, 0.29) is 6.42 Å². The van der Waals surface area contributed by atoms with Crippen LogP contribution < -0.4 is 0 Å². The van der Waals surface area contributed by atoms with Gasteiger partial charge < -0.3 is 4.90 Å². The summed E-state index contributed by atoms with van der Waals surface area (Å²) in [4.78, 5) is 2.23. The summed E-state index contributed by atoms with van der Waals surface area (Å²) in [6.45, 7) is 1.52. The van der Waals surface area contributed by atoms with Crippen LogP contribution in [0, 0.1) is 0 Å². The van der Waals surface area contributed by atoms with Crippen LogP contribution in [0.5, 0.6) is 0 Å². The third-order valence-electron chi connectivity index (χ3n) is 3.08. The van der Waals surface area contributed by atoms with Crippen LogP contribution in [-0.2, 0) is 0 Å². The largest absolute Gasteiger partial charge is 0.389 e. The molecular weight excluding hydrogens is 283 g/mol. The first-order valence-corrected chi connectivity index (χ1v) is 7.02. The van der Waals surface area contributed by atoms with Gasteiger partial charge in [-0.15, -0.1) is 0 Å². The molecule has 0 bridgehead atoms. The zero-order valence-electron chi connectivity index (χ0n) is 9.40. The summed E-state index contributed by atoms with van der Waals surface area (Å²) in [5.41, 5.74) is 0. The zero-order chi connectivity index (χ0) is 12.0. The molecule has 0 radical (unpaired) electrons. The molecule has 1 aliphatic rings. The highest BCUT2D eigenvalue weighted by atomic mass is 79.9. The molecule has 0 atom stereocenters. The molecule has 1 rings (SSSR count). The lowest BCUT2D eigenvalue weighted by atomic mass is 9.91. The van der Waals surface area contributed by atoms with E-state index in [1.165, 1.54) is 6.42 Å². The third-order valence-corrected chi connectivity index (χ3v) is 3.64. The van der Waals surface area contributed by atoms with E-state index in [1.807, 2.05) is 0 Å². The fourth-order valence-corrected chi connectivity index (χ4v) is 2.23. The first kappa shape index (κ1) is 14.3. The van der Waals surface area contributed by atoms with Crippen molar-refractivity contribution in [2.45, 2.75) is 50.7 Å². The van der Waals surface area contributed by atoms with Gasteiger partial charge in [0.15, 0.2) is 0 Å². The molecule has 0 amide bonds. The highest BCUT2D eigenvalue weighted by Gasteiger charge is 2.28. The van der Waals surface area contributed by atoms with Crippen molar-refractivity contribution in [1.29, 1.82) is 0 Å². The molecule has 0 spiro atoms. The molecule has 0 saturated heterocycles. The number of hydrogen-bond acceptors (Lipinski definition) is 1. The van der Waals surface area contributed by atoms with Crippen LogP contribution in [-0.4, -0.2) is 35.5 Å². The van der Waals surface area contributed by atoms with Crippen LogP contribution in [0.3, 0.4) is 0 Å². The zero-order valence-corrected chi connectivity index (χ0v) is 11.0. The molecule has 1 aliphatic carbocycles. The summed E-state index contributed by atoms with van der Waals surface area (Å²) in [7, 11) is 0. The lowest BCUT2D eigenvalue weighted by molar-refractivity contribution is -0.136. The van der Waals surface area contributed by atoms with Gasteiger partial charge in [-0.3, -0.25) is 0 Å². The van der Waals surface area contributed by atoms with E-state index < -0.39 is 12.6 Å². The highest BCUT2D eigenvalue weighted by Crippen LogP contribution is 2.27. The van der Waals surface area contributed by atoms with Crippen LogP contribution in [0.4, 0.5) is 13.2 Å². The molecule has 0 aromatic rings. The van der Waals surface area contributed by atoms with E-state index in [2.05, 4.69) is 20.8 Å². The quantitative estimate of drug-likeness (QED) is 0.643. The van der Waals surface area contributed by atoms with Gasteiger partial charge in [-0.2, -0.15) is 13.2 Å². The second-order valence-corrected chi connectivity index (χ2v) is 5.17. The average Bonchev–Trinajstić information content (AvgIpc) is 2.08. The van der Waals surface area contributed by atoms with Gasteiger partial charge in [-0.25, -0.2) is 0 Å². The van der Waals surface area contributed by atoms with Crippen molar-refractivity contribution in [2.75, 3.05) is 18.4 Å². The summed E-state index contributed by atoms with van der Waals surface area (Å²) >= 11 is 3.36. The Balaban J connectivity index is 2.21. The minimum atomic E-state index is -4.00. The molecule has 0 aromatic carbocycles. The Hall–Kier alpha value is 0.230. The smallest absolute Gasteiger partial charge is 0.300 e. The summed E-state index contributed by atoms with van der Waals surface area (Å²) in [6.07, 6.45) is 0.160. The van der Waals surface area contributed by atoms with Crippen molar-refractivity contribution in [1.82, 2.24) is 4.90 Å². The first-order valence-electron chi connectivity index (χ1n) is 5.89. The minimum Gasteiger partial charge on any atom is -0.300 e. The van der Waals surface area contributed by atoms with Crippen LogP contribution in [0.1, 0.15) is 38.5 Å². The Labute approximate surface area is 104 Å². The van der Waals surface area contributed by atoms with E-state index in [0.29, 0.717) is 12.6 Å². The molecule has 0 heterocycles. The van der Waals surface area contributed by atoms with Crippen LogP contribution >= 0.6 is 15.9 Å². The van der Waals surface area contributed by atoms with Crippen LogP contribution in [0.15, 0.2) is 0 Å². The fraction of sp³-hybridized carbons (Fsp3) is 1.00. The van der Waals surface area contributed by atoms with E-state index in [1.54, 1.807) is 0 Å². The van der Waals surface area contributed by atoms with E-state index in [0.717, 1.165) is 31.1 Å². The van der Waals surface area contributed by atoms with Crippen molar-refractivity contribution >= 4 is 15.9 Å². The number of alkyl halides is 4. The SMILES string of the molecule is FC(F)(F)CCCN(CCCBr)C1CCC1. The monoisotopic (exact) mass is 301 g/mol. The Morgan fingerprint density at radius 2 is 1.75 bits per heavy atom. The number of halogens is 4. The van der Waals surface area contributed by atoms with Crippen molar-refractivity contribution in [2.24, 2.45) is 0 Å². The van der Waals surface area contributed by atoms with E-state index >= 15 is 0 Å². The average molecular weight is 302 g/mol. The molecule has 16 heavy (non-hydrogen) atoms. The topological polar surface area (TPSA) is 3.24 Å². The number of rotatable bonds is 7. The molecule has 0 N–H and O–H groups in total. The maximum absolute atomic E-state index is 12.0. The van der Waals surface area contributed by atoms with Gasteiger partial charge in [0.05, 0.1) is 0 Å². The first-order chi connectivity index (χ1) is 7.53. The molecule has 96 valence electrons. The molecule has 0 aliphatic heterocycles. The lowest BCUT2D eigenvalue weighted by Gasteiger charge is -2.37. The Kier molecular flexibility index (Phi) is 6.11. The predicted molar refractivity (Wildman–Crippen MR) is 62.9 cm³/mol. The summed E-state index contributed by atoms with van der Waals surface area (Å²) < 4.78 is 36.1. The van der Waals surface area contributed by atoms with Gasteiger partial charge in [-0.1, -0.05) is 22.4 Å². The minimum absolute atomic E-state index is 0.238. The number of nitrogens with zero attached hydrogens (tertiary/aromatic N) is 1. The maximum Gasteiger partial charge on any atom is 0.389 e. The van der Waals surface area contributed by atoms with Gasteiger partial charge >= 0.3 is 6.18 Å². The molecule has 1 fully saturated rings. The van der Waals surface area contributed by atoms with Crippen LogP contribution in [0.25, 0.3) is 0 Å². The Morgan fingerprint density at radius 3 is 2.19 bits per heavy atom. The summed E-state index contributed by atoms with van der Waals surface area (Å²) in [6, 6.07) is 0.548. The van der Waals surface area contributed by atoms with Crippen molar-refractivity contribution < 1.29 is 13.2 Å². The van der Waals surface area contributed by atoms with Gasteiger partial charge in [0, 0.05) is 17.8 Å². The Morgan fingerprint density at radius 1 is 1.12 bits per heavy atom. The number of hydrogen-bond donors (Lipinski definition) is 0. The van der Waals surface area contributed by atoms with Crippen molar-refractivity contribution in [3.63, 3.8) is 0 Å². The molecule has 0 aromatic heterocycles. The molecule has 1 saturated carbocycles. The second kappa shape index (κ2) is 6.84. The van der Waals surface area contributed by atoms with Crippen LogP contribution in [0.2, 0.25) is 0 Å². The van der Waals surface area contributed by atoms with Gasteiger partial charge in [0.25, 0.3) is 0 Å².